The Morgan fingerprint density at radius 1 is 1.00 bits per heavy atom. The number of anilines is 1. The van der Waals surface area contributed by atoms with Crippen LogP contribution in [0.5, 0.6) is 0 Å². The summed E-state index contributed by atoms with van der Waals surface area (Å²) in [6.45, 7) is 2.06. The van der Waals surface area contributed by atoms with Crippen LogP contribution in [0, 0.1) is 0 Å². The topological polar surface area (TPSA) is 138 Å². The summed E-state index contributed by atoms with van der Waals surface area (Å²) in [5.41, 5.74) is 7.48. The molecule has 0 atom stereocenters. The summed E-state index contributed by atoms with van der Waals surface area (Å²) < 4.78 is 5.24. The number of pyridine rings is 3. The zero-order valence-electron chi connectivity index (χ0n) is 19.4. The number of unbranched alkanes of at least 4 members (excludes halogenated alkanes) is 1. The molecule has 0 aliphatic carbocycles. The molecule has 0 saturated carbocycles. The standard InChI is InChI=1S/C26H22N8O2/c1-2-3-4-22(35)29-17-9-16(10-27-11-17)19-5-6-20-24(30-19)25(34-33-20)26-31-21-13-28-12-18(23(21)32-26)15-7-8-36-14-15/h5-14H,2-4H2,1H3,(H,29,35)(H,31,32)(H,33,34). The molecule has 0 aliphatic rings. The highest BCUT2D eigenvalue weighted by Gasteiger charge is 2.17. The van der Waals surface area contributed by atoms with Crippen LogP contribution in [-0.4, -0.2) is 41.0 Å². The number of H-pyrrole nitrogens is 2. The number of nitrogens with one attached hydrogen (secondary N) is 3. The maximum atomic E-state index is 12.1. The van der Waals surface area contributed by atoms with Gasteiger partial charge in [0.25, 0.3) is 0 Å². The molecular weight excluding hydrogens is 456 g/mol. The molecule has 0 spiro atoms. The van der Waals surface area contributed by atoms with Gasteiger partial charge in [0.15, 0.2) is 11.5 Å². The molecule has 0 aliphatic heterocycles. The highest BCUT2D eigenvalue weighted by molar-refractivity contribution is 5.96. The third-order valence-electron chi connectivity index (χ3n) is 5.93. The van der Waals surface area contributed by atoms with Crippen LogP contribution in [0.1, 0.15) is 26.2 Å². The van der Waals surface area contributed by atoms with Crippen molar-refractivity contribution in [2.75, 3.05) is 5.32 Å². The van der Waals surface area contributed by atoms with Gasteiger partial charge >= 0.3 is 0 Å². The number of aromatic nitrogens is 7. The highest BCUT2D eigenvalue weighted by Crippen LogP contribution is 2.31. The molecule has 0 fully saturated rings. The maximum absolute atomic E-state index is 12.1. The predicted molar refractivity (Wildman–Crippen MR) is 136 cm³/mol. The molecule has 10 heteroatoms. The van der Waals surface area contributed by atoms with Gasteiger partial charge in [0.2, 0.25) is 5.91 Å². The fourth-order valence-corrected chi connectivity index (χ4v) is 4.11. The van der Waals surface area contributed by atoms with Gasteiger partial charge in [-0.25, -0.2) is 9.97 Å². The number of imidazole rings is 1. The van der Waals surface area contributed by atoms with E-state index in [4.69, 9.17) is 14.4 Å². The van der Waals surface area contributed by atoms with E-state index < -0.39 is 0 Å². The van der Waals surface area contributed by atoms with Crippen LogP contribution in [-0.2, 0) is 4.79 Å². The summed E-state index contributed by atoms with van der Waals surface area (Å²) in [6, 6.07) is 7.55. The minimum atomic E-state index is -0.0227. The van der Waals surface area contributed by atoms with Gasteiger partial charge in [-0.3, -0.25) is 19.9 Å². The second-order valence-electron chi connectivity index (χ2n) is 8.46. The molecule has 6 heterocycles. The molecule has 6 aromatic rings. The molecule has 36 heavy (non-hydrogen) atoms. The summed E-state index contributed by atoms with van der Waals surface area (Å²) in [6.07, 6.45) is 12.4. The summed E-state index contributed by atoms with van der Waals surface area (Å²) in [7, 11) is 0. The minimum absolute atomic E-state index is 0.0227. The lowest BCUT2D eigenvalue weighted by molar-refractivity contribution is -0.116. The Morgan fingerprint density at radius 2 is 1.92 bits per heavy atom. The van der Waals surface area contributed by atoms with Crippen molar-refractivity contribution in [3.63, 3.8) is 0 Å². The SMILES string of the molecule is CCCCC(=O)Nc1cncc(-c2ccc3[nH]nc(-c4nc5c(-c6ccoc6)cncc5[nH]4)c3n2)c1. The van der Waals surface area contributed by atoms with E-state index in [0.29, 0.717) is 34.8 Å². The molecule has 6 rings (SSSR count). The van der Waals surface area contributed by atoms with Gasteiger partial charge in [0, 0.05) is 35.5 Å². The molecular formula is C26H22N8O2. The molecule has 1 amide bonds. The largest absolute Gasteiger partial charge is 0.472 e. The quantitative estimate of drug-likeness (QED) is 0.281. The number of rotatable bonds is 7. The first kappa shape index (κ1) is 21.7. The number of aromatic amines is 2. The first-order chi connectivity index (χ1) is 17.7. The third-order valence-corrected chi connectivity index (χ3v) is 5.93. The lowest BCUT2D eigenvalue weighted by Gasteiger charge is -2.07. The number of amides is 1. The smallest absolute Gasteiger partial charge is 0.224 e. The highest BCUT2D eigenvalue weighted by atomic mass is 16.3. The number of carbonyl (C=O) groups is 1. The van der Waals surface area contributed by atoms with Crippen molar-refractivity contribution in [2.24, 2.45) is 0 Å². The van der Waals surface area contributed by atoms with Crippen molar-refractivity contribution >= 4 is 33.7 Å². The molecule has 3 N–H and O–H groups in total. The van der Waals surface area contributed by atoms with Gasteiger partial charge in [-0.05, 0) is 30.7 Å². The van der Waals surface area contributed by atoms with Crippen LogP contribution in [0.25, 0.3) is 56.0 Å². The lowest BCUT2D eigenvalue weighted by Crippen LogP contribution is -2.11. The van der Waals surface area contributed by atoms with Gasteiger partial charge in [-0.2, -0.15) is 5.10 Å². The van der Waals surface area contributed by atoms with Crippen molar-refractivity contribution in [1.29, 1.82) is 0 Å². The molecule has 6 aromatic heterocycles. The van der Waals surface area contributed by atoms with Crippen LogP contribution in [0.3, 0.4) is 0 Å². The van der Waals surface area contributed by atoms with E-state index in [9.17, 15) is 4.79 Å². The van der Waals surface area contributed by atoms with Crippen molar-refractivity contribution < 1.29 is 9.21 Å². The number of fused-ring (bicyclic) bond motifs is 2. The summed E-state index contributed by atoms with van der Waals surface area (Å²) in [5, 5.41) is 10.4. The van der Waals surface area contributed by atoms with Gasteiger partial charge < -0.3 is 14.7 Å². The van der Waals surface area contributed by atoms with Crippen molar-refractivity contribution in [1.82, 2.24) is 35.1 Å². The molecule has 0 aromatic carbocycles. The molecule has 0 radical (unpaired) electrons. The number of nitrogens with zero attached hydrogens (tertiary/aromatic N) is 5. The first-order valence-corrected chi connectivity index (χ1v) is 11.7. The van der Waals surface area contributed by atoms with E-state index in [2.05, 4.69) is 37.4 Å². The number of hydrogen-bond donors (Lipinski definition) is 3. The summed E-state index contributed by atoms with van der Waals surface area (Å²) in [5.74, 6) is 0.555. The summed E-state index contributed by atoms with van der Waals surface area (Å²) >= 11 is 0. The summed E-state index contributed by atoms with van der Waals surface area (Å²) in [4.78, 5) is 33.8. The van der Waals surface area contributed by atoms with E-state index in [1.807, 2.05) is 24.3 Å². The van der Waals surface area contributed by atoms with Gasteiger partial charge in [-0.1, -0.05) is 13.3 Å². The van der Waals surface area contributed by atoms with E-state index in [0.717, 1.165) is 46.1 Å². The predicted octanol–water partition coefficient (Wildman–Crippen LogP) is 5.35. The van der Waals surface area contributed by atoms with E-state index in [-0.39, 0.29) is 5.91 Å². The zero-order chi connectivity index (χ0) is 24.5. The Kier molecular flexibility index (Phi) is 5.45. The molecule has 10 nitrogen and oxygen atoms in total. The van der Waals surface area contributed by atoms with Crippen LogP contribution in [0.2, 0.25) is 0 Å². The Bertz CT molecular complexity index is 1680. The lowest BCUT2D eigenvalue weighted by atomic mass is 10.1. The van der Waals surface area contributed by atoms with Crippen molar-refractivity contribution in [2.45, 2.75) is 26.2 Å². The fourth-order valence-electron chi connectivity index (χ4n) is 4.11. The zero-order valence-corrected chi connectivity index (χ0v) is 19.4. The maximum Gasteiger partial charge on any atom is 0.224 e. The van der Waals surface area contributed by atoms with Crippen LogP contribution < -0.4 is 5.32 Å². The molecule has 0 unspecified atom stereocenters. The fraction of sp³-hybridized carbons (Fsp3) is 0.154. The van der Waals surface area contributed by atoms with E-state index in [1.54, 1.807) is 37.3 Å². The molecule has 0 bridgehead atoms. The molecule has 0 saturated heterocycles. The van der Waals surface area contributed by atoms with Gasteiger partial charge in [-0.15, -0.1) is 0 Å². The first-order valence-electron chi connectivity index (χ1n) is 11.7. The minimum Gasteiger partial charge on any atom is -0.472 e. The number of hydrogen-bond acceptors (Lipinski definition) is 7. The monoisotopic (exact) mass is 478 g/mol. The average Bonchev–Trinajstić information content (AvgIpc) is 3.66. The van der Waals surface area contributed by atoms with Crippen LogP contribution in [0.15, 0.2) is 66.0 Å². The van der Waals surface area contributed by atoms with Gasteiger partial charge in [0.05, 0.1) is 47.3 Å². The Morgan fingerprint density at radius 3 is 2.78 bits per heavy atom. The second-order valence-corrected chi connectivity index (χ2v) is 8.46. The van der Waals surface area contributed by atoms with E-state index in [1.165, 1.54) is 0 Å². The Hall–Kier alpha value is -4.86. The number of furan rings is 1. The third kappa shape index (κ3) is 3.98. The van der Waals surface area contributed by atoms with Crippen LogP contribution in [0.4, 0.5) is 5.69 Å². The normalized spacial score (nSPS) is 11.4. The van der Waals surface area contributed by atoms with Crippen molar-refractivity contribution in [3.05, 3.63) is 61.6 Å². The van der Waals surface area contributed by atoms with Crippen LogP contribution >= 0.6 is 0 Å². The number of carbonyl (C=O) groups excluding carboxylic acids is 1. The second kappa shape index (κ2) is 9.06. The van der Waals surface area contributed by atoms with Crippen molar-refractivity contribution in [3.8, 4) is 33.9 Å². The van der Waals surface area contributed by atoms with E-state index >= 15 is 0 Å². The molecule has 178 valence electrons. The van der Waals surface area contributed by atoms with Gasteiger partial charge in [0.1, 0.15) is 11.0 Å². The average molecular weight is 479 g/mol. The Labute approximate surface area is 205 Å². The Balaban J connectivity index is 1.37.